The third-order valence-electron chi connectivity index (χ3n) is 6.05. The Morgan fingerprint density at radius 3 is 2.17 bits per heavy atom. The Labute approximate surface area is 168 Å². The van der Waals surface area contributed by atoms with Crippen molar-refractivity contribution in [2.45, 2.75) is 13.8 Å². The van der Waals surface area contributed by atoms with E-state index in [-0.39, 0.29) is 0 Å². The maximum absolute atomic E-state index is 5.13. The Kier molecular flexibility index (Phi) is 3.22. The number of aryl methyl sites for hydroxylation is 3. The topological polar surface area (TPSA) is 22.2 Å². The van der Waals surface area contributed by atoms with Gasteiger partial charge >= 0.3 is 0 Å². The monoisotopic (exact) mass is 375 g/mol. The summed E-state index contributed by atoms with van der Waals surface area (Å²) in [7, 11) is 2.08. The summed E-state index contributed by atoms with van der Waals surface area (Å²) in [4.78, 5) is 5.13. The average Bonchev–Trinajstić information content (AvgIpc) is 3.29. The van der Waals surface area contributed by atoms with Crippen LogP contribution in [0, 0.1) is 13.8 Å². The third-order valence-corrected chi connectivity index (χ3v) is 6.05. The predicted octanol–water partition coefficient (Wildman–Crippen LogP) is 6.42. The lowest BCUT2D eigenvalue weighted by molar-refractivity contribution is 0.933. The van der Waals surface area contributed by atoms with E-state index in [1.807, 2.05) is 0 Å². The molecule has 6 rings (SSSR count). The molecule has 0 atom stereocenters. The van der Waals surface area contributed by atoms with Gasteiger partial charge in [0.2, 0.25) is 0 Å². The van der Waals surface area contributed by atoms with Gasteiger partial charge in [-0.05, 0) is 42.5 Å². The first kappa shape index (κ1) is 16.4. The van der Waals surface area contributed by atoms with Gasteiger partial charge in [0.25, 0.3) is 0 Å². The van der Waals surface area contributed by atoms with E-state index in [9.17, 15) is 0 Å². The summed E-state index contributed by atoms with van der Waals surface area (Å²) in [5, 5.41) is 6.21. The first-order valence-electron chi connectivity index (χ1n) is 9.96. The van der Waals surface area contributed by atoms with Crippen LogP contribution >= 0.6 is 0 Å². The summed E-state index contributed by atoms with van der Waals surface area (Å²) in [5.74, 6) is 0. The molecule has 0 amide bonds. The Morgan fingerprint density at radius 1 is 0.724 bits per heavy atom. The summed E-state index contributed by atoms with van der Waals surface area (Å²) < 4.78 is 4.39. The lowest BCUT2D eigenvalue weighted by Gasteiger charge is -2.08. The van der Waals surface area contributed by atoms with Crippen LogP contribution in [0.4, 0.5) is 0 Å². The zero-order valence-corrected chi connectivity index (χ0v) is 16.8. The largest absolute Gasteiger partial charge is 0.356 e. The molecule has 0 unspecified atom stereocenters. The van der Waals surface area contributed by atoms with Gasteiger partial charge in [-0.15, -0.1) is 0 Å². The predicted molar refractivity (Wildman–Crippen MR) is 122 cm³/mol. The zero-order valence-electron chi connectivity index (χ0n) is 16.8. The highest BCUT2D eigenvalue weighted by molar-refractivity contribution is 6.15. The highest BCUT2D eigenvalue weighted by Gasteiger charge is 2.15. The van der Waals surface area contributed by atoms with E-state index in [1.165, 1.54) is 49.1 Å². The molecule has 0 N–H and O–H groups in total. The van der Waals surface area contributed by atoms with Crippen molar-refractivity contribution in [2.24, 2.45) is 7.05 Å². The van der Waals surface area contributed by atoms with Gasteiger partial charge in [0.1, 0.15) is 5.65 Å². The molecule has 0 radical (unpaired) electrons. The standard InChI is InChI=1S/C26H21N3/c1-16-7-6-8-17(2)25(16)23-15-29-24-12-19-14-28(3)13-18(19)11-22(24)20-9-4-5-10-21(20)26(29)27-23/h4-15H,1-3H3. The molecule has 3 aromatic carbocycles. The molecule has 3 heterocycles. The van der Waals surface area contributed by atoms with Crippen molar-refractivity contribution in [1.82, 2.24) is 14.0 Å². The Morgan fingerprint density at radius 2 is 1.41 bits per heavy atom. The second-order valence-corrected chi connectivity index (χ2v) is 8.05. The summed E-state index contributed by atoms with van der Waals surface area (Å²) in [6.45, 7) is 4.33. The van der Waals surface area contributed by atoms with Crippen molar-refractivity contribution in [3.8, 4) is 11.3 Å². The molecule has 3 heteroatoms. The van der Waals surface area contributed by atoms with Crippen LogP contribution in [0.3, 0.4) is 0 Å². The number of rotatable bonds is 1. The molecular formula is C26H21N3. The van der Waals surface area contributed by atoms with E-state index >= 15 is 0 Å². The molecule has 0 fully saturated rings. The van der Waals surface area contributed by atoms with Crippen LogP contribution in [-0.4, -0.2) is 14.0 Å². The molecule has 3 aromatic heterocycles. The second kappa shape index (κ2) is 5.71. The van der Waals surface area contributed by atoms with Crippen molar-refractivity contribution >= 4 is 38.1 Å². The van der Waals surface area contributed by atoms with E-state index < -0.39 is 0 Å². The molecule has 0 aliphatic carbocycles. The van der Waals surface area contributed by atoms with Gasteiger partial charge in [-0.3, -0.25) is 4.40 Å². The smallest absolute Gasteiger partial charge is 0.145 e. The minimum atomic E-state index is 1.01. The maximum Gasteiger partial charge on any atom is 0.145 e. The fourth-order valence-electron chi connectivity index (χ4n) is 4.74. The fourth-order valence-corrected chi connectivity index (χ4v) is 4.74. The summed E-state index contributed by atoms with van der Waals surface area (Å²) in [6.07, 6.45) is 6.57. The van der Waals surface area contributed by atoms with E-state index in [0.29, 0.717) is 0 Å². The van der Waals surface area contributed by atoms with Crippen LogP contribution in [0.5, 0.6) is 0 Å². The normalized spacial score (nSPS) is 12.0. The van der Waals surface area contributed by atoms with Crippen molar-refractivity contribution in [3.63, 3.8) is 0 Å². The number of aromatic nitrogens is 3. The van der Waals surface area contributed by atoms with Crippen molar-refractivity contribution in [2.75, 3.05) is 0 Å². The van der Waals surface area contributed by atoms with Crippen molar-refractivity contribution < 1.29 is 0 Å². The minimum Gasteiger partial charge on any atom is -0.356 e. The van der Waals surface area contributed by atoms with E-state index in [0.717, 1.165) is 11.3 Å². The maximum atomic E-state index is 5.13. The van der Waals surface area contributed by atoms with Crippen LogP contribution in [0.1, 0.15) is 11.1 Å². The van der Waals surface area contributed by atoms with Crippen LogP contribution in [0.2, 0.25) is 0 Å². The van der Waals surface area contributed by atoms with Crippen molar-refractivity contribution in [1.29, 1.82) is 0 Å². The van der Waals surface area contributed by atoms with Gasteiger partial charge in [-0.25, -0.2) is 4.98 Å². The molecule has 6 aromatic rings. The second-order valence-electron chi connectivity index (χ2n) is 8.05. The van der Waals surface area contributed by atoms with Crippen LogP contribution in [0.15, 0.2) is 73.2 Å². The molecule has 140 valence electrons. The first-order chi connectivity index (χ1) is 14.1. The highest BCUT2D eigenvalue weighted by atomic mass is 15.0. The lowest BCUT2D eigenvalue weighted by atomic mass is 10.0. The summed E-state index contributed by atoms with van der Waals surface area (Å²) in [6, 6.07) is 19.6. The number of pyridine rings is 1. The van der Waals surface area contributed by atoms with Gasteiger partial charge in [-0.2, -0.15) is 0 Å². The molecule has 29 heavy (non-hydrogen) atoms. The Hall–Kier alpha value is -3.59. The molecule has 0 saturated heterocycles. The quantitative estimate of drug-likeness (QED) is 0.304. The number of benzene rings is 3. The van der Waals surface area contributed by atoms with Gasteiger partial charge in [0.05, 0.1) is 11.2 Å². The van der Waals surface area contributed by atoms with Gasteiger partial charge in [0.15, 0.2) is 0 Å². The van der Waals surface area contributed by atoms with E-state index in [4.69, 9.17) is 4.98 Å². The van der Waals surface area contributed by atoms with Crippen molar-refractivity contribution in [3.05, 3.63) is 84.3 Å². The third kappa shape index (κ3) is 2.27. The molecule has 0 aliphatic heterocycles. The van der Waals surface area contributed by atoms with Gasteiger partial charge < -0.3 is 4.57 Å². The Bertz CT molecular complexity index is 1560. The van der Waals surface area contributed by atoms with Gasteiger partial charge in [0, 0.05) is 52.7 Å². The number of hydrogen-bond acceptors (Lipinski definition) is 1. The Balaban J connectivity index is 1.82. The highest BCUT2D eigenvalue weighted by Crippen LogP contribution is 2.35. The first-order valence-corrected chi connectivity index (χ1v) is 9.96. The van der Waals surface area contributed by atoms with E-state index in [2.05, 4.69) is 103 Å². The average molecular weight is 375 g/mol. The lowest BCUT2D eigenvalue weighted by Crippen LogP contribution is -1.90. The molecular weight excluding hydrogens is 354 g/mol. The van der Waals surface area contributed by atoms with Crippen LogP contribution in [-0.2, 0) is 7.05 Å². The number of hydrogen-bond donors (Lipinski definition) is 0. The summed E-state index contributed by atoms with van der Waals surface area (Å²) in [5.41, 5.74) is 6.99. The van der Waals surface area contributed by atoms with Crippen LogP contribution in [0.25, 0.3) is 49.4 Å². The molecule has 0 aliphatic rings. The molecule has 0 spiro atoms. The fraction of sp³-hybridized carbons (Fsp3) is 0.115. The SMILES string of the molecule is Cc1cccc(C)c1-c1cn2c3cc4cn(C)cc4cc3c3ccccc3c2n1. The molecule has 0 saturated carbocycles. The molecule has 3 nitrogen and oxygen atoms in total. The van der Waals surface area contributed by atoms with Gasteiger partial charge in [-0.1, -0.05) is 42.5 Å². The van der Waals surface area contributed by atoms with Crippen LogP contribution < -0.4 is 0 Å². The number of imidazole rings is 1. The number of nitrogens with zero attached hydrogens (tertiary/aromatic N) is 3. The zero-order chi connectivity index (χ0) is 19.7. The number of fused-ring (bicyclic) bond motifs is 7. The minimum absolute atomic E-state index is 1.01. The molecule has 0 bridgehead atoms. The van der Waals surface area contributed by atoms with E-state index in [1.54, 1.807) is 0 Å². The summed E-state index contributed by atoms with van der Waals surface area (Å²) >= 11 is 0.